The number of hydrogen-bond donors (Lipinski definition) is 2. The number of nitrogens with two attached hydrogens (primary N) is 1. The lowest BCUT2D eigenvalue weighted by molar-refractivity contribution is -0.191. The molecule has 2 saturated heterocycles. The predicted molar refractivity (Wildman–Crippen MR) is 114 cm³/mol. The van der Waals surface area contributed by atoms with Crippen LogP contribution in [-0.2, 0) is 23.4 Å². The van der Waals surface area contributed by atoms with Crippen LogP contribution in [0.3, 0.4) is 0 Å². The highest BCUT2D eigenvalue weighted by molar-refractivity contribution is 6.74. The summed E-state index contributed by atoms with van der Waals surface area (Å²) in [5.41, 5.74) is 6.06. The summed E-state index contributed by atoms with van der Waals surface area (Å²) in [6.07, 6.45) is -1.59. The van der Waals surface area contributed by atoms with Crippen LogP contribution in [0.4, 0.5) is 5.82 Å². The number of rotatable bonds is 6. The Morgan fingerprint density at radius 1 is 1.27 bits per heavy atom. The Balaban J connectivity index is 1.82. The fourth-order valence-corrected chi connectivity index (χ4v) is 4.46. The van der Waals surface area contributed by atoms with Crippen LogP contribution in [0.25, 0.3) is 0 Å². The zero-order valence-electron chi connectivity index (χ0n) is 19.2. The first-order valence-electron chi connectivity index (χ1n) is 10.4. The number of nitrogen functional groups attached to an aromatic ring is 1. The van der Waals surface area contributed by atoms with Crippen LogP contribution in [0, 0.1) is 0 Å². The number of nitrogens with one attached hydrogen (secondary N) is 1. The molecule has 10 heteroatoms. The van der Waals surface area contributed by atoms with Gasteiger partial charge in [0.2, 0.25) is 0 Å². The fraction of sp³-hybridized carbons (Fsp3) is 0.800. The summed E-state index contributed by atoms with van der Waals surface area (Å²) in [5, 5.41) is 0.0840. The Morgan fingerprint density at radius 2 is 1.90 bits per heavy atom. The Hall–Kier alpha value is -1.46. The number of carbonyl (C=O) groups excluding carboxylic acids is 1. The number of anilines is 1. The first kappa shape index (κ1) is 23.2. The van der Waals surface area contributed by atoms with Gasteiger partial charge in [-0.25, -0.2) is 9.78 Å². The standard InChI is InChI=1S/C20H35N3O6Si/c1-9-25-18(24)12-16(21)23-17(22-12)15-14-13(28-20(5,6)29-14)11(27-15)10-26-30(7,8)19(2,3)4/h11,13-15H,9-10,21H2,1-8H3,(H,22,23)/t11-,13-,14-,15-/m0/s1. The number of esters is 1. The molecular weight excluding hydrogens is 406 g/mol. The Labute approximate surface area is 179 Å². The third kappa shape index (κ3) is 4.42. The molecule has 0 saturated carbocycles. The normalized spacial score (nSPS) is 28.5. The number of aromatic nitrogens is 2. The minimum atomic E-state index is -1.96. The maximum absolute atomic E-state index is 12.1. The second-order valence-electron chi connectivity index (χ2n) is 9.83. The molecule has 1 aromatic heterocycles. The number of aromatic amines is 1. The van der Waals surface area contributed by atoms with E-state index in [-0.39, 0.29) is 35.4 Å². The molecule has 3 heterocycles. The quantitative estimate of drug-likeness (QED) is 0.510. The monoisotopic (exact) mass is 441 g/mol. The highest BCUT2D eigenvalue weighted by atomic mass is 28.4. The third-order valence-corrected chi connectivity index (χ3v) is 10.6. The summed E-state index contributed by atoms with van der Waals surface area (Å²) in [6.45, 7) is 17.1. The van der Waals surface area contributed by atoms with Crippen LogP contribution in [0.5, 0.6) is 0 Å². The Morgan fingerprint density at radius 3 is 2.50 bits per heavy atom. The molecule has 0 radical (unpaired) electrons. The Bertz CT molecular complexity index is 788. The minimum absolute atomic E-state index is 0.0720. The van der Waals surface area contributed by atoms with Gasteiger partial charge in [-0.1, -0.05) is 20.8 Å². The number of carbonyl (C=O) groups is 1. The molecular formula is C20H35N3O6Si. The molecule has 3 rings (SSSR count). The number of H-pyrrole nitrogens is 1. The summed E-state index contributed by atoms with van der Waals surface area (Å²) in [4.78, 5) is 19.4. The van der Waals surface area contributed by atoms with Gasteiger partial charge in [0.05, 0.1) is 13.2 Å². The van der Waals surface area contributed by atoms with Gasteiger partial charge < -0.3 is 34.1 Å². The Kier molecular flexibility index (Phi) is 6.11. The summed E-state index contributed by atoms with van der Waals surface area (Å²) in [7, 11) is -1.96. The molecule has 9 nitrogen and oxygen atoms in total. The second-order valence-corrected chi connectivity index (χ2v) is 14.6. The van der Waals surface area contributed by atoms with Gasteiger partial charge >= 0.3 is 5.97 Å². The molecule has 0 aliphatic carbocycles. The van der Waals surface area contributed by atoms with Crippen LogP contribution in [0.1, 0.15) is 64.0 Å². The zero-order valence-corrected chi connectivity index (χ0v) is 20.2. The molecule has 2 aliphatic heterocycles. The molecule has 0 spiro atoms. The summed E-state index contributed by atoms with van der Waals surface area (Å²) < 4.78 is 29.9. The van der Waals surface area contributed by atoms with Crippen molar-refractivity contribution in [1.29, 1.82) is 0 Å². The lowest BCUT2D eigenvalue weighted by atomic mass is 10.1. The zero-order chi connectivity index (χ0) is 22.5. The minimum Gasteiger partial charge on any atom is -0.461 e. The molecule has 2 aliphatic rings. The molecule has 2 fully saturated rings. The van der Waals surface area contributed by atoms with Gasteiger partial charge in [-0.3, -0.25) is 0 Å². The summed E-state index contributed by atoms with van der Waals surface area (Å²) in [6, 6.07) is 0. The van der Waals surface area contributed by atoms with Crippen molar-refractivity contribution < 1.29 is 28.2 Å². The highest BCUT2D eigenvalue weighted by Crippen LogP contribution is 2.45. The van der Waals surface area contributed by atoms with E-state index in [1.807, 2.05) is 13.8 Å². The van der Waals surface area contributed by atoms with Crippen molar-refractivity contribution in [3.63, 3.8) is 0 Å². The molecule has 30 heavy (non-hydrogen) atoms. The van der Waals surface area contributed by atoms with Crippen molar-refractivity contribution >= 4 is 20.1 Å². The molecule has 0 unspecified atom stereocenters. The largest absolute Gasteiger partial charge is 0.461 e. The average Bonchev–Trinajstić information content (AvgIpc) is 3.23. The SMILES string of the molecule is CCOC(=O)c1[nH]c([C@H]2O[C@@H](CO[Si](C)(C)C(C)(C)C)[C@@H]3OC(C)(C)O[C@@H]32)nc1N. The number of fused-ring (bicyclic) bond motifs is 1. The van der Waals surface area contributed by atoms with Gasteiger partial charge in [0.1, 0.15) is 30.2 Å². The van der Waals surface area contributed by atoms with Crippen molar-refractivity contribution in [2.24, 2.45) is 0 Å². The second kappa shape index (κ2) is 7.90. The van der Waals surface area contributed by atoms with Crippen molar-refractivity contribution in [3.05, 3.63) is 11.5 Å². The van der Waals surface area contributed by atoms with Gasteiger partial charge in [-0.15, -0.1) is 0 Å². The van der Waals surface area contributed by atoms with E-state index in [0.717, 1.165) is 0 Å². The fourth-order valence-electron chi connectivity index (χ4n) is 3.44. The number of imidazole rings is 1. The predicted octanol–water partition coefficient (Wildman–Crippen LogP) is 3.15. The third-order valence-electron chi connectivity index (χ3n) is 6.06. The topological polar surface area (TPSA) is 118 Å². The van der Waals surface area contributed by atoms with Gasteiger partial charge in [0, 0.05) is 0 Å². The van der Waals surface area contributed by atoms with Crippen molar-refractivity contribution in [2.75, 3.05) is 18.9 Å². The summed E-state index contributed by atoms with van der Waals surface area (Å²) in [5.74, 6) is -0.816. The number of hydrogen-bond acceptors (Lipinski definition) is 8. The molecule has 0 amide bonds. The smallest absolute Gasteiger partial charge is 0.358 e. The van der Waals surface area contributed by atoms with E-state index in [4.69, 9.17) is 29.1 Å². The first-order chi connectivity index (χ1) is 13.8. The maximum atomic E-state index is 12.1. The van der Waals surface area contributed by atoms with Gasteiger partial charge in [0.15, 0.2) is 25.6 Å². The molecule has 1 aromatic rings. The maximum Gasteiger partial charge on any atom is 0.358 e. The van der Waals surface area contributed by atoms with Crippen molar-refractivity contribution in [2.45, 2.75) is 89.9 Å². The van der Waals surface area contributed by atoms with Crippen LogP contribution >= 0.6 is 0 Å². The first-order valence-corrected chi connectivity index (χ1v) is 13.3. The molecule has 0 aromatic carbocycles. The van der Waals surface area contributed by atoms with E-state index in [2.05, 4.69) is 43.8 Å². The van der Waals surface area contributed by atoms with E-state index in [0.29, 0.717) is 12.4 Å². The highest BCUT2D eigenvalue weighted by Gasteiger charge is 2.57. The molecule has 0 bridgehead atoms. The van der Waals surface area contributed by atoms with Crippen molar-refractivity contribution in [1.82, 2.24) is 9.97 Å². The molecule has 170 valence electrons. The van der Waals surface area contributed by atoms with Crippen molar-refractivity contribution in [3.8, 4) is 0 Å². The molecule has 3 N–H and O–H groups in total. The van der Waals surface area contributed by atoms with Crippen LogP contribution in [-0.4, -0.2) is 61.6 Å². The van der Waals surface area contributed by atoms with Gasteiger partial charge in [0.25, 0.3) is 0 Å². The van der Waals surface area contributed by atoms with E-state index < -0.39 is 32.3 Å². The molecule has 4 atom stereocenters. The van der Waals surface area contributed by atoms with Gasteiger partial charge in [-0.2, -0.15) is 0 Å². The summed E-state index contributed by atoms with van der Waals surface area (Å²) >= 11 is 0. The van der Waals surface area contributed by atoms with E-state index in [1.165, 1.54) is 0 Å². The van der Waals surface area contributed by atoms with E-state index >= 15 is 0 Å². The lowest BCUT2D eigenvalue weighted by Crippen LogP contribution is -2.44. The average molecular weight is 442 g/mol. The lowest BCUT2D eigenvalue weighted by Gasteiger charge is -2.37. The van der Waals surface area contributed by atoms with Crippen LogP contribution in [0.15, 0.2) is 0 Å². The number of nitrogens with zero attached hydrogens (tertiary/aromatic N) is 1. The van der Waals surface area contributed by atoms with E-state index in [9.17, 15) is 4.79 Å². The van der Waals surface area contributed by atoms with Gasteiger partial charge in [-0.05, 0) is 38.9 Å². The number of ether oxygens (including phenoxy) is 4. The van der Waals surface area contributed by atoms with E-state index in [1.54, 1.807) is 6.92 Å². The van der Waals surface area contributed by atoms with Crippen LogP contribution < -0.4 is 5.73 Å². The van der Waals surface area contributed by atoms with Crippen LogP contribution in [0.2, 0.25) is 18.1 Å².